The predicted octanol–water partition coefficient (Wildman–Crippen LogP) is 2.86. The Morgan fingerprint density at radius 3 is 2.71 bits per heavy atom. The molecule has 0 fully saturated rings. The average Bonchev–Trinajstić information content (AvgIpc) is 2.92. The Kier molecular flexibility index (Phi) is 2.21. The van der Waals surface area contributed by atoms with Gasteiger partial charge in [-0.3, -0.25) is 0 Å². The fourth-order valence-electron chi connectivity index (χ4n) is 1.91. The number of hydrogen-bond donors (Lipinski definition) is 0. The van der Waals surface area contributed by atoms with Crippen molar-refractivity contribution in [1.29, 1.82) is 0 Å². The van der Waals surface area contributed by atoms with Crippen LogP contribution < -0.4 is 0 Å². The van der Waals surface area contributed by atoms with Crippen LogP contribution >= 0.6 is 0 Å². The van der Waals surface area contributed by atoms with Crippen LogP contribution in [0.2, 0.25) is 0 Å². The van der Waals surface area contributed by atoms with Crippen LogP contribution in [0.4, 0.5) is 0 Å². The molecule has 4 heteroatoms. The first-order valence-electron chi connectivity index (χ1n) is 5.70. The molecule has 3 rings (SSSR count). The third-order valence-electron chi connectivity index (χ3n) is 2.76. The Balaban J connectivity index is 2.20. The second kappa shape index (κ2) is 3.73. The molecule has 0 atom stereocenters. The summed E-state index contributed by atoms with van der Waals surface area (Å²) < 4.78 is 7.55. The molecule has 17 heavy (non-hydrogen) atoms. The maximum Gasteiger partial charge on any atom is 0.246 e. The lowest BCUT2D eigenvalue weighted by Crippen LogP contribution is -1.93. The zero-order valence-corrected chi connectivity index (χ0v) is 9.84. The van der Waals surface area contributed by atoms with Gasteiger partial charge in [-0.2, -0.15) is 4.52 Å². The van der Waals surface area contributed by atoms with Gasteiger partial charge in [0.25, 0.3) is 0 Å². The lowest BCUT2D eigenvalue weighted by atomic mass is 10.2. The maximum atomic E-state index is 5.76. The van der Waals surface area contributed by atoms with Crippen LogP contribution in [0.5, 0.6) is 0 Å². The fraction of sp³-hybridized carbons (Fsp3) is 0.231. The summed E-state index contributed by atoms with van der Waals surface area (Å²) in [6.07, 6.45) is 0.843. The highest BCUT2D eigenvalue weighted by atomic mass is 16.4. The number of benzene rings is 1. The van der Waals surface area contributed by atoms with E-state index in [0.717, 1.165) is 29.2 Å². The number of nitrogens with zero attached hydrogens (tertiary/aromatic N) is 3. The summed E-state index contributed by atoms with van der Waals surface area (Å²) in [6, 6.07) is 9.89. The summed E-state index contributed by atoms with van der Waals surface area (Å²) in [4.78, 5) is 4.41. The smallest absolute Gasteiger partial charge is 0.246 e. The average molecular weight is 227 g/mol. The number of aryl methyl sites for hydroxylation is 2. The monoisotopic (exact) mass is 227 g/mol. The number of fused-ring (bicyclic) bond motifs is 1. The van der Waals surface area contributed by atoms with Crippen LogP contribution in [0, 0.1) is 6.92 Å². The molecule has 0 bridgehead atoms. The molecule has 0 spiro atoms. The van der Waals surface area contributed by atoms with Crippen molar-refractivity contribution in [3.63, 3.8) is 0 Å². The van der Waals surface area contributed by atoms with E-state index in [0.29, 0.717) is 5.89 Å². The van der Waals surface area contributed by atoms with Crippen LogP contribution in [-0.2, 0) is 6.42 Å². The lowest BCUT2D eigenvalue weighted by Gasteiger charge is -1.92. The lowest BCUT2D eigenvalue weighted by molar-refractivity contribution is 0.614. The van der Waals surface area contributed by atoms with Gasteiger partial charge in [-0.25, -0.2) is 4.98 Å². The molecule has 0 radical (unpaired) electrons. The fourth-order valence-corrected chi connectivity index (χ4v) is 1.91. The molecule has 0 N–H and O–H groups in total. The summed E-state index contributed by atoms with van der Waals surface area (Å²) in [5.74, 6) is 1.57. The summed E-state index contributed by atoms with van der Waals surface area (Å²) in [5, 5.41) is 4.46. The molecule has 2 heterocycles. The molecule has 4 nitrogen and oxygen atoms in total. The Hall–Kier alpha value is -2.10. The molecule has 0 unspecified atom stereocenters. The largest absolute Gasteiger partial charge is 0.416 e. The van der Waals surface area contributed by atoms with Crippen LogP contribution in [0.15, 0.2) is 34.7 Å². The Morgan fingerprint density at radius 2 is 2.00 bits per heavy atom. The summed E-state index contributed by atoms with van der Waals surface area (Å²) in [5.41, 5.74) is 2.61. The van der Waals surface area contributed by atoms with Crippen molar-refractivity contribution in [3.8, 4) is 11.5 Å². The highest BCUT2D eigenvalue weighted by molar-refractivity contribution is 5.55. The van der Waals surface area contributed by atoms with Gasteiger partial charge in [0.15, 0.2) is 0 Å². The molecule has 0 saturated heterocycles. The molecule has 2 aromatic heterocycles. The highest BCUT2D eigenvalue weighted by Gasteiger charge is 2.14. The minimum Gasteiger partial charge on any atom is -0.416 e. The minimum atomic E-state index is 0.640. The number of hydrogen-bond acceptors (Lipinski definition) is 3. The third kappa shape index (κ3) is 1.53. The van der Waals surface area contributed by atoms with Gasteiger partial charge >= 0.3 is 0 Å². The van der Waals surface area contributed by atoms with Crippen molar-refractivity contribution >= 4 is 5.71 Å². The van der Waals surface area contributed by atoms with Gasteiger partial charge < -0.3 is 4.42 Å². The Labute approximate surface area is 98.9 Å². The van der Waals surface area contributed by atoms with Gasteiger partial charge in [-0.1, -0.05) is 25.1 Å². The van der Waals surface area contributed by atoms with E-state index in [4.69, 9.17) is 4.42 Å². The van der Waals surface area contributed by atoms with Crippen LogP contribution in [0.3, 0.4) is 0 Å². The van der Waals surface area contributed by atoms with Crippen molar-refractivity contribution < 1.29 is 4.42 Å². The number of aromatic nitrogens is 3. The zero-order valence-electron chi connectivity index (χ0n) is 9.84. The number of imidazole rings is 1. The van der Waals surface area contributed by atoms with E-state index in [1.807, 2.05) is 37.3 Å². The molecule has 3 aromatic rings. The summed E-state index contributed by atoms with van der Waals surface area (Å²) >= 11 is 0. The van der Waals surface area contributed by atoms with E-state index < -0.39 is 0 Å². The Bertz CT molecular complexity index is 652. The van der Waals surface area contributed by atoms with Crippen molar-refractivity contribution in [2.75, 3.05) is 0 Å². The van der Waals surface area contributed by atoms with Gasteiger partial charge in [0.1, 0.15) is 11.5 Å². The summed E-state index contributed by atoms with van der Waals surface area (Å²) in [7, 11) is 0. The van der Waals surface area contributed by atoms with E-state index in [9.17, 15) is 0 Å². The summed E-state index contributed by atoms with van der Waals surface area (Å²) in [6.45, 7) is 4.00. The molecule has 86 valence electrons. The van der Waals surface area contributed by atoms with Crippen molar-refractivity contribution in [3.05, 3.63) is 41.9 Å². The Morgan fingerprint density at radius 1 is 1.24 bits per heavy atom. The third-order valence-corrected chi connectivity index (χ3v) is 2.76. The van der Waals surface area contributed by atoms with Gasteiger partial charge in [0.2, 0.25) is 11.6 Å². The normalized spacial score (nSPS) is 11.2. The molecule has 0 aliphatic heterocycles. The first-order valence-corrected chi connectivity index (χ1v) is 5.70. The van der Waals surface area contributed by atoms with E-state index >= 15 is 0 Å². The van der Waals surface area contributed by atoms with Gasteiger partial charge in [0, 0.05) is 12.0 Å². The second-order valence-electron chi connectivity index (χ2n) is 3.96. The molecule has 0 saturated carbocycles. The van der Waals surface area contributed by atoms with E-state index in [1.165, 1.54) is 0 Å². The first kappa shape index (κ1) is 10.1. The minimum absolute atomic E-state index is 0.640. The van der Waals surface area contributed by atoms with E-state index in [1.54, 1.807) is 4.52 Å². The standard InChI is InChI=1S/C13H13N3O/c1-3-11-14-9(2)13-16(11)15-12(17-13)10-7-5-4-6-8-10/h4-8H,3H2,1-2H3. The van der Waals surface area contributed by atoms with Crippen LogP contribution in [-0.4, -0.2) is 14.6 Å². The molecule has 1 aromatic carbocycles. The van der Waals surface area contributed by atoms with Crippen LogP contribution in [0.25, 0.3) is 17.2 Å². The first-order chi connectivity index (χ1) is 8.29. The molecular formula is C13H13N3O. The van der Waals surface area contributed by atoms with Gasteiger partial charge in [0.05, 0.1) is 0 Å². The van der Waals surface area contributed by atoms with E-state index in [2.05, 4.69) is 17.0 Å². The molecule has 0 amide bonds. The molecular weight excluding hydrogens is 214 g/mol. The predicted molar refractivity (Wildman–Crippen MR) is 64.8 cm³/mol. The van der Waals surface area contributed by atoms with E-state index in [-0.39, 0.29) is 0 Å². The molecule has 0 aliphatic rings. The zero-order chi connectivity index (χ0) is 11.8. The SMILES string of the molecule is CCc1nc(C)c2oc(-c3ccccc3)nn12. The highest BCUT2D eigenvalue weighted by Crippen LogP contribution is 2.22. The maximum absolute atomic E-state index is 5.76. The van der Waals surface area contributed by atoms with Crippen molar-refractivity contribution in [2.45, 2.75) is 20.3 Å². The van der Waals surface area contributed by atoms with Crippen molar-refractivity contribution in [1.82, 2.24) is 14.6 Å². The van der Waals surface area contributed by atoms with Crippen molar-refractivity contribution in [2.24, 2.45) is 0 Å². The van der Waals surface area contributed by atoms with Crippen LogP contribution in [0.1, 0.15) is 18.4 Å². The topological polar surface area (TPSA) is 43.3 Å². The quantitative estimate of drug-likeness (QED) is 0.676. The second-order valence-corrected chi connectivity index (χ2v) is 3.96. The van der Waals surface area contributed by atoms with Gasteiger partial charge in [-0.05, 0) is 19.1 Å². The van der Waals surface area contributed by atoms with Gasteiger partial charge in [-0.15, -0.1) is 5.10 Å². The molecule has 0 aliphatic carbocycles. The number of rotatable bonds is 2.